The molecule has 1 amide bonds. The van der Waals surface area contributed by atoms with Gasteiger partial charge in [0.25, 0.3) is 0 Å². The summed E-state index contributed by atoms with van der Waals surface area (Å²) in [6, 6.07) is 4.19. The average molecular weight is 378 g/mol. The van der Waals surface area contributed by atoms with Crippen molar-refractivity contribution in [1.29, 1.82) is 5.26 Å². The Balaban J connectivity index is 1.57. The van der Waals surface area contributed by atoms with E-state index in [1.807, 2.05) is 32.4 Å². The molecule has 1 saturated heterocycles. The van der Waals surface area contributed by atoms with Crippen LogP contribution in [0.25, 0.3) is 11.6 Å². The number of piperazine rings is 1. The van der Waals surface area contributed by atoms with E-state index in [-0.39, 0.29) is 6.09 Å². The third-order valence-electron chi connectivity index (χ3n) is 5.15. The number of aryl methyl sites for hydroxylation is 1. The van der Waals surface area contributed by atoms with Crippen LogP contribution in [0.4, 0.5) is 10.5 Å². The number of ether oxygens (including phenoxy) is 1. The van der Waals surface area contributed by atoms with Crippen molar-refractivity contribution >= 4 is 23.4 Å². The van der Waals surface area contributed by atoms with Crippen molar-refractivity contribution in [1.82, 2.24) is 19.7 Å². The Hall–Kier alpha value is -3.34. The minimum atomic E-state index is -0.245. The number of nitriles is 1. The van der Waals surface area contributed by atoms with E-state index in [0.717, 1.165) is 41.2 Å². The first-order valence-corrected chi connectivity index (χ1v) is 9.40. The first-order valence-electron chi connectivity index (χ1n) is 9.40. The molecule has 1 aliphatic heterocycles. The van der Waals surface area contributed by atoms with Gasteiger partial charge in [0.15, 0.2) is 5.69 Å². The van der Waals surface area contributed by atoms with Crippen molar-refractivity contribution < 1.29 is 9.53 Å². The van der Waals surface area contributed by atoms with Crippen LogP contribution in [0, 0.1) is 11.3 Å². The fourth-order valence-corrected chi connectivity index (χ4v) is 3.81. The van der Waals surface area contributed by atoms with Gasteiger partial charge in [-0.25, -0.2) is 4.79 Å². The van der Waals surface area contributed by atoms with Crippen LogP contribution >= 0.6 is 0 Å². The molecule has 4 rings (SSSR count). The first kappa shape index (κ1) is 18.0. The Morgan fingerprint density at radius 1 is 1.32 bits per heavy atom. The number of carbonyl (C=O) groups excluding carboxylic acids is 1. The molecule has 0 atom stereocenters. The lowest BCUT2D eigenvalue weighted by Crippen LogP contribution is -2.49. The molecule has 8 nitrogen and oxygen atoms in total. The van der Waals surface area contributed by atoms with Gasteiger partial charge in [0.05, 0.1) is 12.3 Å². The maximum atomic E-state index is 11.9. The number of hydrogen-bond acceptors (Lipinski definition) is 6. The Morgan fingerprint density at radius 2 is 2.11 bits per heavy atom. The molecular formula is C20H22N6O2. The lowest BCUT2D eigenvalue weighted by atomic mass is 10.1. The molecule has 2 aromatic rings. The number of aromatic nitrogens is 3. The van der Waals surface area contributed by atoms with E-state index in [1.54, 1.807) is 9.58 Å². The second-order valence-electron chi connectivity index (χ2n) is 6.89. The van der Waals surface area contributed by atoms with Crippen LogP contribution in [0.15, 0.2) is 18.5 Å². The number of hydrogen-bond donors (Lipinski definition) is 0. The van der Waals surface area contributed by atoms with Crippen molar-refractivity contribution in [3.05, 3.63) is 41.0 Å². The van der Waals surface area contributed by atoms with Gasteiger partial charge in [0, 0.05) is 68.9 Å². The van der Waals surface area contributed by atoms with Crippen LogP contribution in [0.1, 0.15) is 29.4 Å². The summed E-state index contributed by atoms with van der Waals surface area (Å²) in [6.07, 6.45) is 6.27. The standard InChI is InChI=1S/C20H22N6O2/c1-3-28-20(27)26-8-6-25(7-9-26)19-4-5-22-17-11-14(10-15(17)19)16-13-24(2)23-18(16)12-21/h4-5,10,13H,3,6-9,11H2,1-2H3. The fraction of sp³-hybridized carbons (Fsp3) is 0.400. The summed E-state index contributed by atoms with van der Waals surface area (Å²) in [4.78, 5) is 20.5. The van der Waals surface area contributed by atoms with Crippen molar-refractivity contribution in [3.8, 4) is 6.07 Å². The second kappa shape index (κ2) is 7.35. The van der Waals surface area contributed by atoms with E-state index >= 15 is 0 Å². The highest BCUT2D eigenvalue weighted by molar-refractivity contribution is 5.92. The van der Waals surface area contributed by atoms with Crippen LogP contribution < -0.4 is 4.90 Å². The maximum absolute atomic E-state index is 11.9. The van der Waals surface area contributed by atoms with Gasteiger partial charge in [-0.1, -0.05) is 0 Å². The van der Waals surface area contributed by atoms with Crippen molar-refractivity contribution in [2.75, 3.05) is 37.7 Å². The minimum absolute atomic E-state index is 0.245. The monoisotopic (exact) mass is 378 g/mol. The number of anilines is 1. The highest BCUT2D eigenvalue weighted by Crippen LogP contribution is 2.37. The number of carbonyl (C=O) groups is 1. The number of pyridine rings is 1. The summed E-state index contributed by atoms with van der Waals surface area (Å²) in [6.45, 7) is 4.97. The summed E-state index contributed by atoms with van der Waals surface area (Å²) < 4.78 is 6.77. The lowest BCUT2D eigenvalue weighted by molar-refractivity contribution is 0.105. The zero-order valence-corrected chi connectivity index (χ0v) is 16.1. The molecule has 8 heteroatoms. The summed E-state index contributed by atoms with van der Waals surface area (Å²) in [5.41, 5.74) is 5.57. The molecule has 144 valence electrons. The number of allylic oxidation sites excluding steroid dienone is 1. The molecule has 1 fully saturated rings. The van der Waals surface area contributed by atoms with E-state index in [0.29, 0.717) is 31.8 Å². The van der Waals surface area contributed by atoms with Gasteiger partial charge in [-0.05, 0) is 24.6 Å². The average Bonchev–Trinajstić information content (AvgIpc) is 3.31. The maximum Gasteiger partial charge on any atom is 0.409 e. The third kappa shape index (κ3) is 3.20. The Morgan fingerprint density at radius 3 is 2.82 bits per heavy atom. The molecule has 28 heavy (non-hydrogen) atoms. The van der Waals surface area contributed by atoms with Gasteiger partial charge in [0.1, 0.15) is 6.07 Å². The normalized spacial score (nSPS) is 15.8. The lowest BCUT2D eigenvalue weighted by Gasteiger charge is -2.36. The largest absolute Gasteiger partial charge is 0.450 e. The molecule has 0 unspecified atom stereocenters. The summed E-state index contributed by atoms with van der Waals surface area (Å²) >= 11 is 0. The number of fused-ring (bicyclic) bond motifs is 1. The molecule has 0 radical (unpaired) electrons. The van der Waals surface area contributed by atoms with E-state index in [9.17, 15) is 10.1 Å². The molecule has 2 aliphatic rings. The van der Waals surface area contributed by atoms with Gasteiger partial charge in [0.2, 0.25) is 0 Å². The number of rotatable bonds is 3. The van der Waals surface area contributed by atoms with E-state index < -0.39 is 0 Å². The van der Waals surface area contributed by atoms with Crippen molar-refractivity contribution in [2.45, 2.75) is 13.3 Å². The topological polar surface area (TPSA) is 87.3 Å². The van der Waals surface area contributed by atoms with Gasteiger partial charge in [-0.2, -0.15) is 10.4 Å². The van der Waals surface area contributed by atoms with Crippen LogP contribution in [0.5, 0.6) is 0 Å². The molecule has 3 heterocycles. The quantitative estimate of drug-likeness (QED) is 0.812. The van der Waals surface area contributed by atoms with Crippen LogP contribution in [-0.2, 0) is 18.2 Å². The van der Waals surface area contributed by atoms with Crippen LogP contribution in [-0.4, -0.2) is 58.5 Å². The highest BCUT2D eigenvalue weighted by Gasteiger charge is 2.27. The van der Waals surface area contributed by atoms with E-state index in [4.69, 9.17) is 4.74 Å². The van der Waals surface area contributed by atoms with Crippen LogP contribution in [0.2, 0.25) is 0 Å². The van der Waals surface area contributed by atoms with Crippen LogP contribution in [0.3, 0.4) is 0 Å². The molecule has 0 bridgehead atoms. The van der Waals surface area contributed by atoms with E-state index in [1.165, 1.54) is 0 Å². The summed E-state index contributed by atoms with van der Waals surface area (Å²) in [7, 11) is 1.82. The van der Waals surface area contributed by atoms with Gasteiger partial charge < -0.3 is 14.5 Å². The molecule has 1 aliphatic carbocycles. The summed E-state index contributed by atoms with van der Waals surface area (Å²) in [5, 5.41) is 13.6. The second-order valence-corrected chi connectivity index (χ2v) is 6.89. The van der Waals surface area contributed by atoms with Gasteiger partial charge >= 0.3 is 6.09 Å². The molecule has 0 N–H and O–H groups in total. The molecular weight excluding hydrogens is 356 g/mol. The Labute approximate surface area is 163 Å². The first-order chi connectivity index (χ1) is 13.6. The number of nitrogens with zero attached hydrogens (tertiary/aromatic N) is 6. The fourth-order valence-electron chi connectivity index (χ4n) is 3.81. The Kier molecular flexibility index (Phi) is 4.74. The SMILES string of the molecule is CCOC(=O)N1CCN(c2ccnc3c2C=C(c2cn(C)nc2C#N)C3)CC1. The molecule has 2 aromatic heterocycles. The van der Waals surface area contributed by atoms with Crippen molar-refractivity contribution in [2.24, 2.45) is 7.05 Å². The molecule has 0 spiro atoms. The smallest absolute Gasteiger partial charge is 0.409 e. The zero-order valence-electron chi connectivity index (χ0n) is 16.1. The zero-order chi connectivity index (χ0) is 19.7. The predicted molar refractivity (Wildman–Crippen MR) is 105 cm³/mol. The van der Waals surface area contributed by atoms with Gasteiger partial charge in [-0.15, -0.1) is 0 Å². The highest BCUT2D eigenvalue weighted by atomic mass is 16.6. The van der Waals surface area contributed by atoms with Gasteiger partial charge in [-0.3, -0.25) is 9.67 Å². The predicted octanol–water partition coefficient (Wildman–Crippen LogP) is 2.06. The van der Waals surface area contributed by atoms with E-state index in [2.05, 4.69) is 27.1 Å². The number of amides is 1. The Bertz CT molecular complexity index is 979. The van der Waals surface area contributed by atoms with Crippen molar-refractivity contribution in [3.63, 3.8) is 0 Å². The third-order valence-corrected chi connectivity index (χ3v) is 5.15. The molecule has 0 saturated carbocycles. The minimum Gasteiger partial charge on any atom is -0.450 e. The summed E-state index contributed by atoms with van der Waals surface area (Å²) in [5.74, 6) is 0. The molecule has 0 aromatic carbocycles.